The van der Waals surface area contributed by atoms with Crippen LogP contribution >= 0.6 is 0 Å². The van der Waals surface area contributed by atoms with Gasteiger partial charge in [0.2, 0.25) is 5.91 Å². The van der Waals surface area contributed by atoms with E-state index in [2.05, 4.69) is 10.6 Å². The van der Waals surface area contributed by atoms with Gasteiger partial charge < -0.3 is 10.6 Å². The van der Waals surface area contributed by atoms with Crippen LogP contribution in [-0.2, 0) is 11.2 Å². The van der Waals surface area contributed by atoms with Crippen molar-refractivity contribution in [2.24, 2.45) is 0 Å². The number of halogens is 3. The summed E-state index contributed by atoms with van der Waals surface area (Å²) >= 11 is 0. The number of nitrogens with one attached hydrogen (secondary N) is 2. The largest absolute Gasteiger partial charge is 0.408 e. The highest BCUT2D eigenvalue weighted by atomic mass is 19.4. The van der Waals surface area contributed by atoms with Crippen molar-refractivity contribution in [1.29, 1.82) is 0 Å². The SMILES string of the molecule is O=C(CC1CCCN1)NC(Cc1ccccc1)C(F)(F)F. The molecule has 2 rings (SSSR count). The lowest BCUT2D eigenvalue weighted by atomic mass is 10.0. The summed E-state index contributed by atoms with van der Waals surface area (Å²) in [7, 11) is 0. The van der Waals surface area contributed by atoms with Gasteiger partial charge in [-0.25, -0.2) is 0 Å². The normalized spacial score (nSPS) is 20.2. The topological polar surface area (TPSA) is 41.1 Å². The molecule has 0 saturated carbocycles. The molecule has 1 aromatic rings. The Morgan fingerprint density at radius 2 is 2.05 bits per heavy atom. The third-order valence-corrected chi connectivity index (χ3v) is 3.61. The fraction of sp³-hybridized carbons (Fsp3) is 0.533. The fourth-order valence-corrected chi connectivity index (χ4v) is 2.51. The van der Waals surface area contributed by atoms with E-state index in [0.717, 1.165) is 19.4 Å². The van der Waals surface area contributed by atoms with Gasteiger partial charge in [0.25, 0.3) is 0 Å². The molecule has 1 saturated heterocycles. The Balaban J connectivity index is 1.94. The van der Waals surface area contributed by atoms with Crippen LogP contribution in [0, 0.1) is 0 Å². The summed E-state index contributed by atoms with van der Waals surface area (Å²) in [5, 5.41) is 5.24. The number of rotatable bonds is 5. The summed E-state index contributed by atoms with van der Waals surface area (Å²) < 4.78 is 39.1. The number of hydrogen-bond acceptors (Lipinski definition) is 2. The molecule has 21 heavy (non-hydrogen) atoms. The molecule has 6 heteroatoms. The molecule has 1 aliphatic rings. The second kappa shape index (κ2) is 6.93. The molecular formula is C15H19F3N2O. The first-order valence-electron chi connectivity index (χ1n) is 7.08. The maximum atomic E-state index is 13.0. The summed E-state index contributed by atoms with van der Waals surface area (Å²) in [5.41, 5.74) is 0.555. The van der Waals surface area contributed by atoms with Crippen molar-refractivity contribution >= 4 is 5.91 Å². The van der Waals surface area contributed by atoms with E-state index in [-0.39, 0.29) is 18.9 Å². The van der Waals surface area contributed by atoms with E-state index in [9.17, 15) is 18.0 Å². The molecule has 1 amide bonds. The Hall–Kier alpha value is -1.56. The zero-order valence-corrected chi connectivity index (χ0v) is 11.6. The molecule has 3 nitrogen and oxygen atoms in total. The lowest BCUT2D eigenvalue weighted by Crippen LogP contribution is -2.48. The molecule has 2 atom stereocenters. The van der Waals surface area contributed by atoms with Gasteiger partial charge in [-0.2, -0.15) is 13.2 Å². The summed E-state index contributed by atoms with van der Waals surface area (Å²) in [6.45, 7) is 0.824. The number of amides is 1. The van der Waals surface area contributed by atoms with Crippen LogP contribution in [0.1, 0.15) is 24.8 Å². The van der Waals surface area contributed by atoms with Gasteiger partial charge >= 0.3 is 6.18 Å². The second-order valence-corrected chi connectivity index (χ2v) is 5.35. The summed E-state index contributed by atoms with van der Waals surface area (Å²) in [4.78, 5) is 11.8. The zero-order valence-electron chi connectivity index (χ0n) is 11.6. The lowest BCUT2D eigenvalue weighted by molar-refractivity contribution is -0.161. The van der Waals surface area contributed by atoms with Gasteiger partial charge in [0.1, 0.15) is 6.04 Å². The predicted octanol–water partition coefficient (Wildman–Crippen LogP) is 2.42. The molecule has 0 spiro atoms. The average molecular weight is 300 g/mol. The Labute approximate surface area is 121 Å². The van der Waals surface area contributed by atoms with Crippen molar-refractivity contribution in [2.45, 2.75) is 43.9 Å². The van der Waals surface area contributed by atoms with Gasteiger partial charge in [-0.3, -0.25) is 4.79 Å². The zero-order chi connectivity index (χ0) is 15.3. The van der Waals surface area contributed by atoms with Crippen LogP contribution < -0.4 is 10.6 Å². The van der Waals surface area contributed by atoms with E-state index in [1.165, 1.54) is 0 Å². The maximum absolute atomic E-state index is 13.0. The van der Waals surface area contributed by atoms with Gasteiger partial charge in [-0.05, 0) is 24.9 Å². The minimum atomic E-state index is -4.45. The van der Waals surface area contributed by atoms with Crippen LogP contribution in [0.5, 0.6) is 0 Å². The van der Waals surface area contributed by atoms with Crippen molar-refractivity contribution in [2.75, 3.05) is 6.54 Å². The molecule has 1 fully saturated rings. The third kappa shape index (κ3) is 5.04. The molecule has 0 aromatic heterocycles. The molecule has 0 bridgehead atoms. The standard InChI is InChI=1S/C15H19F3N2O/c16-15(17,18)13(9-11-5-2-1-3-6-11)20-14(21)10-12-7-4-8-19-12/h1-3,5-6,12-13,19H,4,7-10H2,(H,20,21). The highest BCUT2D eigenvalue weighted by Crippen LogP contribution is 2.23. The lowest BCUT2D eigenvalue weighted by Gasteiger charge is -2.22. The van der Waals surface area contributed by atoms with Gasteiger partial charge in [-0.1, -0.05) is 30.3 Å². The van der Waals surface area contributed by atoms with Crippen LogP contribution in [-0.4, -0.2) is 30.7 Å². The molecule has 116 valence electrons. The van der Waals surface area contributed by atoms with E-state index in [4.69, 9.17) is 0 Å². The average Bonchev–Trinajstić information content (AvgIpc) is 2.91. The van der Waals surface area contributed by atoms with Crippen LogP contribution in [0.15, 0.2) is 30.3 Å². The summed E-state index contributed by atoms with van der Waals surface area (Å²) in [6.07, 6.45) is -2.79. The van der Waals surface area contributed by atoms with Crippen LogP contribution in [0.4, 0.5) is 13.2 Å². The van der Waals surface area contributed by atoms with Crippen LogP contribution in [0.3, 0.4) is 0 Å². The molecule has 2 N–H and O–H groups in total. The number of carbonyl (C=O) groups excluding carboxylic acids is 1. The van der Waals surface area contributed by atoms with Crippen LogP contribution in [0.2, 0.25) is 0 Å². The highest BCUT2D eigenvalue weighted by molar-refractivity contribution is 5.77. The predicted molar refractivity (Wildman–Crippen MR) is 73.8 cm³/mol. The summed E-state index contributed by atoms with van der Waals surface area (Å²) in [6, 6.07) is 6.54. The molecule has 1 aromatic carbocycles. The van der Waals surface area contributed by atoms with Crippen LogP contribution in [0.25, 0.3) is 0 Å². The van der Waals surface area contributed by atoms with Gasteiger partial charge in [0.15, 0.2) is 0 Å². The van der Waals surface area contributed by atoms with Gasteiger partial charge in [0.05, 0.1) is 0 Å². The van der Waals surface area contributed by atoms with Crippen molar-refractivity contribution in [3.63, 3.8) is 0 Å². The van der Waals surface area contributed by atoms with Crippen molar-refractivity contribution in [3.05, 3.63) is 35.9 Å². The molecular weight excluding hydrogens is 281 g/mol. The third-order valence-electron chi connectivity index (χ3n) is 3.61. The van der Waals surface area contributed by atoms with Crippen molar-refractivity contribution < 1.29 is 18.0 Å². The monoisotopic (exact) mass is 300 g/mol. The fourth-order valence-electron chi connectivity index (χ4n) is 2.51. The van der Waals surface area contributed by atoms with E-state index in [1.54, 1.807) is 30.3 Å². The number of alkyl halides is 3. The Morgan fingerprint density at radius 3 is 2.62 bits per heavy atom. The summed E-state index contributed by atoms with van der Waals surface area (Å²) in [5.74, 6) is -0.548. The number of carbonyl (C=O) groups is 1. The maximum Gasteiger partial charge on any atom is 0.408 e. The Morgan fingerprint density at radius 1 is 1.33 bits per heavy atom. The minimum Gasteiger partial charge on any atom is -0.344 e. The smallest absolute Gasteiger partial charge is 0.344 e. The second-order valence-electron chi connectivity index (χ2n) is 5.35. The van der Waals surface area contributed by atoms with Gasteiger partial charge in [-0.15, -0.1) is 0 Å². The van der Waals surface area contributed by atoms with Crippen molar-refractivity contribution in [3.8, 4) is 0 Å². The molecule has 1 heterocycles. The first-order chi connectivity index (χ1) is 9.95. The molecule has 0 aliphatic carbocycles. The van der Waals surface area contributed by atoms with E-state index >= 15 is 0 Å². The van der Waals surface area contributed by atoms with Gasteiger partial charge in [0, 0.05) is 18.9 Å². The first kappa shape index (κ1) is 15.8. The Kier molecular flexibility index (Phi) is 5.22. The first-order valence-corrected chi connectivity index (χ1v) is 7.08. The number of hydrogen-bond donors (Lipinski definition) is 2. The molecule has 2 unspecified atom stereocenters. The molecule has 0 radical (unpaired) electrons. The minimum absolute atomic E-state index is 0.00407. The Bertz CT molecular complexity index is 456. The van der Waals surface area contributed by atoms with E-state index < -0.39 is 18.1 Å². The quantitative estimate of drug-likeness (QED) is 0.877. The van der Waals surface area contributed by atoms with E-state index in [1.807, 2.05) is 0 Å². The highest BCUT2D eigenvalue weighted by Gasteiger charge is 2.40. The van der Waals surface area contributed by atoms with E-state index in [0.29, 0.717) is 5.56 Å². The van der Waals surface area contributed by atoms with Crippen molar-refractivity contribution in [1.82, 2.24) is 10.6 Å². The molecule has 1 aliphatic heterocycles. The number of benzene rings is 1.